The molecule has 3 nitrogen and oxygen atoms in total. The van der Waals surface area contributed by atoms with E-state index in [0.29, 0.717) is 5.92 Å². The summed E-state index contributed by atoms with van der Waals surface area (Å²) in [6, 6.07) is 10.0. The van der Waals surface area contributed by atoms with E-state index in [0.717, 1.165) is 36.2 Å². The average Bonchev–Trinajstić information content (AvgIpc) is 2.39. The minimum absolute atomic E-state index is 0.636. The Morgan fingerprint density at radius 2 is 2.22 bits per heavy atom. The molecule has 1 atom stereocenters. The Morgan fingerprint density at radius 3 is 3.06 bits per heavy atom. The Bertz CT molecular complexity index is 499. The molecule has 0 aliphatic heterocycles. The van der Waals surface area contributed by atoms with Crippen molar-refractivity contribution in [1.82, 2.24) is 10.3 Å². The quantitative estimate of drug-likeness (QED) is 0.848. The number of nitrogens with zero attached hydrogens (tertiary/aromatic N) is 1. The van der Waals surface area contributed by atoms with Gasteiger partial charge in [-0.05, 0) is 50.2 Å². The smallest absolute Gasteiger partial charge is 0.120 e. The van der Waals surface area contributed by atoms with E-state index >= 15 is 0 Å². The van der Waals surface area contributed by atoms with Gasteiger partial charge in [-0.2, -0.15) is 0 Å². The van der Waals surface area contributed by atoms with Gasteiger partial charge in [0, 0.05) is 11.6 Å². The van der Waals surface area contributed by atoms with Gasteiger partial charge in [0.2, 0.25) is 0 Å². The summed E-state index contributed by atoms with van der Waals surface area (Å²) in [6.07, 6.45) is 2.87. The summed E-state index contributed by atoms with van der Waals surface area (Å²) in [4.78, 5) is 4.29. The lowest BCUT2D eigenvalue weighted by atomic mass is 10.1. The van der Waals surface area contributed by atoms with E-state index < -0.39 is 0 Å². The van der Waals surface area contributed by atoms with Crippen molar-refractivity contribution in [3.05, 3.63) is 36.5 Å². The van der Waals surface area contributed by atoms with E-state index in [2.05, 4.69) is 23.3 Å². The zero-order valence-electron chi connectivity index (χ0n) is 11.0. The van der Waals surface area contributed by atoms with Crippen LogP contribution in [0.4, 0.5) is 0 Å². The van der Waals surface area contributed by atoms with Gasteiger partial charge in [-0.15, -0.1) is 0 Å². The fraction of sp³-hybridized carbons (Fsp3) is 0.400. The van der Waals surface area contributed by atoms with Crippen molar-refractivity contribution >= 4 is 10.9 Å². The third kappa shape index (κ3) is 3.44. The number of benzene rings is 1. The highest BCUT2D eigenvalue weighted by Gasteiger charge is 2.02. The summed E-state index contributed by atoms with van der Waals surface area (Å²) in [5, 5.41) is 4.30. The van der Waals surface area contributed by atoms with Crippen molar-refractivity contribution in [2.75, 3.05) is 20.2 Å². The number of hydrogen-bond acceptors (Lipinski definition) is 3. The molecule has 2 rings (SSSR count). The molecule has 0 saturated carbocycles. The second kappa shape index (κ2) is 6.36. The number of pyridine rings is 1. The van der Waals surface area contributed by atoms with Gasteiger partial charge in [0.05, 0.1) is 12.1 Å². The molecule has 3 heteroatoms. The highest BCUT2D eigenvalue weighted by Crippen LogP contribution is 2.19. The molecule has 0 aliphatic carbocycles. The summed E-state index contributed by atoms with van der Waals surface area (Å²) < 4.78 is 5.78. The molecule has 0 fully saturated rings. The van der Waals surface area contributed by atoms with Crippen LogP contribution in [-0.4, -0.2) is 25.2 Å². The third-order valence-electron chi connectivity index (χ3n) is 3.01. The van der Waals surface area contributed by atoms with Crippen molar-refractivity contribution in [3.63, 3.8) is 0 Å². The topological polar surface area (TPSA) is 34.1 Å². The van der Waals surface area contributed by atoms with E-state index in [-0.39, 0.29) is 0 Å². The molecule has 1 N–H and O–H groups in total. The lowest BCUT2D eigenvalue weighted by Gasteiger charge is -2.11. The Labute approximate surface area is 108 Å². The molecule has 1 unspecified atom stereocenters. The van der Waals surface area contributed by atoms with E-state index in [1.54, 1.807) is 0 Å². The Balaban J connectivity index is 1.91. The van der Waals surface area contributed by atoms with Crippen molar-refractivity contribution < 1.29 is 4.74 Å². The summed E-state index contributed by atoms with van der Waals surface area (Å²) in [7, 11) is 1.98. The van der Waals surface area contributed by atoms with Crippen LogP contribution in [0.5, 0.6) is 5.75 Å². The minimum atomic E-state index is 0.636. The average molecular weight is 244 g/mol. The standard InChI is InChI=1S/C15H20N2O/c1-12(11-16-2)7-9-18-14-5-6-15-13(10-14)4-3-8-17-15/h3-6,8,10,12,16H,7,9,11H2,1-2H3. The van der Waals surface area contributed by atoms with E-state index in [9.17, 15) is 0 Å². The van der Waals surface area contributed by atoms with E-state index in [4.69, 9.17) is 4.74 Å². The Morgan fingerprint density at radius 1 is 1.33 bits per heavy atom. The van der Waals surface area contributed by atoms with Crippen LogP contribution in [0.1, 0.15) is 13.3 Å². The molecule has 96 valence electrons. The summed E-state index contributed by atoms with van der Waals surface area (Å²) in [5.74, 6) is 1.56. The maximum Gasteiger partial charge on any atom is 0.120 e. The van der Waals surface area contributed by atoms with Gasteiger partial charge >= 0.3 is 0 Å². The molecule has 2 aromatic rings. The second-order valence-electron chi connectivity index (χ2n) is 4.66. The maximum atomic E-state index is 5.78. The molecule has 0 radical (unpaired) electrons. The largest absolute Gasteiger partial charge is 0.494 e. The highest BCUT2D eigenvalue weighted by molar-refractivity contribution is 5.79. The summed E-state index contributed by atoms with van der Waals surface area (Å²) in [5.41, 5.74) is 1.01. The first-order chi connectivity index (χ1) is 8.79. The molecule has 1 heterocycles. The molecule has 0 amide bonds. The SMILES string of the molecule is CNCC(C)CCOc1ccc2ncccc2c1. The summed E-state index contributed by atoms with van der Waals surface area (Å²) >= 11 is 0. The molecular formula is C15H20N2O. The minimum Gasteiger partial charge on any atom is -0.494 e. The normalized spacial score (nSPS) is 12.6. The van der Waals surface area contributed by atoms with Gasteiger partial charge in [0.25, 0.3) is 0 Å². The molecule has 0 aliphatic rings. The second-order valence-corrected chi connectivity index (χ2v) is 4.66. The molecule has 18 heavy (non-hydrogen) atoms. The number of fused-ring (bicyclic) bond motifs is 1. The van der Waals surface area contributed by atoms with Gasteiger partial charge < -0.3 is 10.1 Å². The van der Waals surface area contributed by atoms with Crippen molar-refractivity contribution in [1.29, 1.82) is 0 Å². The van der Waals surface area contributed by atoms with Crippen molar-refractivity contribution in [3.8, 4) is 5.75 Å². The van der Waals surface area contributed by atoms with E-state index in [1.807, 2.05) is 37.5 Å². The Kier molecular flexibility index (Phi) is 4.53. The van der Waals surface area contributed by atoms with Crippen molar-refractivity contribution in [2.45, 2.75) is 13.3 Å². The van der Waals surface area contributed by atoms with Crippen LogP contribution in [0.2, 0.25) is 0 Å². The molecule has 0 saturated heterocycles. The van der Waals surface area contributed by atoms with Gasteiger partial charge in [0.1, 0.15) is 5.75 Å². The third-order valence-corrected chi connectivity index (χ3v) is 3.01. The maximum absolute atomic E-state index is 5.78. The van der Waals surface area contributed by atoms with Crippen LogP contribution in [0.3, 0.4) is 0 Å². The first-order valence-electron chi connectivity index (χ1n) is 6.42. The zero-order valence-corrected chi connectivity index (χ0v) is 11.0. The summed E-state index contributed by atoms with van der Waals surface area (Å²) in [6.45, 7) is 4.02. The predicted molar refractivity (Wildman–Crippen MR) is 74.9 cm³/mol. The Hall–Kier alpha value is -1.61. The number of aromatic nitrogens is 1. The lowest BCUT2D eigenvalue weighted by Crippen LogP contribution is -2.18. The molecule has 1 aromatic carbocycles. The fourth-order valence-electron chi connectivity index (χ4n) is 1.97. The number of rotatable bonds is 6. The van der Waals surface area contributed by atoms with Crippen LogP contribution >= 0.6 is 0 Å². The fourth-order valence-corrected chi connectivity index (χ4v) is 1.97. The molecule has 0 spiro atoms. The molecule has 1 aromatic heterocycles. The number of hydrogen-bond donors (Lipinski definition) is 1. The first kappa shape index (κ1) is 12.8. The highest BCUT2D eigenvalue weighted by atomic mass is 16.5. The van der Waals surface area contributed by atoms with Gasteiger partial charge in [-0.25, -0.2) is 0 Å². The van der Waals surface area contributed by atoms with Crippen LogP contribution < -0.4 is 10.1 Å². The number of ether oxygens (including phenoxy) is 1. The monoisotopic (exact) mass is 244 g/mol. The first-order valence-corrected chi connectivity index (χ1v) is 6.42. The number of nitrogens with one attached hydrogen (secondary N) is 1. The molecule has 0 bridgehead atoms. The van der Waals surface area contributed by atoms with Crippen LogP contribution in [0, 0.1) is 5.92 Å². The van der Waals surface area contributed by atoms with Crippen LogP contribution in [-0.2, 0) is 0 Å². The van der Waals surface area contributed by atoms with Gasteiger partial charge in [0.15, 0.2) is 0 Å². The lowest BCUT2D eigenvalue weighted by molar-refractivity contribution is 0.282. The molecular weight excluding hydrogens is 224 g/mol. The van der Waals surface area contributed by atoms with Crippen LogP contribution in [0.25, 0.3) is 10.9 Å². The zero-order chi connectivity index (χ0) is 12.8. The van der Waals surface area contributed by atoms with Crippen molar-refractivity contribution in [2.24, 2.45) is 5.92 Å². The predicted octanol–water partition coefficient (Wildman–Crippen LogP) is 2.86. The van der Waals surface area contributed by atoms with Crippen LogP contribution in [0.15, 0.2) is 36.5 Å². The van der Waals surface area contributed by atoms with Gasteiger partial charge in [-0.1, -0.05) is 13.0 Å². The van der Waals surface area contributed by atoms with E-state index in [1.165, 1.54) is 0 Å². The van der Waals surface area contributed by atoms with Gasteiger partial charge in [-0.3, -0.25) is 4.98 Å².